The zero-order chi connectivity index (χ0) is 12.6. The standard InChI is InChI=1S/C9H8N4O4/c1-10-8-7-5(12(11-8)9(14)15)3-2-4-6(7)13(16)17/h2-4H,1H3,(H,10,11)(H,14,15). The van der Waals surface area contributed by atoms with E-state index in [4.69, 9.17) is 5.11 Å². The van der Waals surface area contributed by atoms with E-state index in [1.54, 1.807) is 0 Å². The van der Waals surface area contributed by atoms with Crippen LogP contribution in [0, 0.1) is 10.1 Å². The lowest BCUT2D eigenvalue weighted by Gasteiger charge is -1.96. The molecule has 0 aliphatic rings. The van der Waals surface area contributed by atoms with E-state index in [1.165, 1.54) is 25.2 Å². The van der Waals surface area contributed by atoms with E-state index in [9.17, 15) is 14.9 Å². The zero-order valence-electron chi connectivity index (χ0n) is 8.75. The largest absolute Gasteiger partial charge is 0.463 e. The van der Waals surface area contributed by atoms with Crippen LogP contribution in [-0.4, -0.2) is 33.0 Å². The number of hydrogen-bond acceptors (Lipinski definition) is 5. The smallest absolute Gasteiger partial charge is 0.432 e. The number of nitro groups is 1. The first kappa shape index (κ1) is 10.9. The molecule has 0 spiro atoms. The van der Waals surface area contributed by atoms with Gasteiger partial charge in [0, 0.05) is 13.1 Å². The van der Waals surface area contributed by atoms with Crippen molar-refractivity contribution in [3.05, 3.63) is 28.3 Å². The minimum atomic E-state index is -1.29. The predicted molar refractivity (Wildman–Crippen MR) is 59.4 cm³/mol. The Bertz CT molecular complexity index is 619. The normalized spacial score (nSPS) is 10.4. The minimum absolute atomic E-state index is 0.162. The van der Waals surface area contributed by atoms with Crippen LogP contribution in [0.1, 0.15) is 0 Å². The first-order valence-electron chi connectivity index (χ1n) is 4.63. The molecule has 2 N–H and O–H groups in total. The molecule has 0 aliphatic carbocycles. The average Bonchev–Trinajstić information content (AvgIpc) is 2.67. The van der Waals surface area contributed by atoms with E-state index >= 15 is 0 Å². The number of nitrogens with zero attached hydrogens (tertiary/aromatic N) is 3. The maximum atomic E-state index is 10.9. The third kappa shape index (κ3) is 1.55. The second-order valence-corrected chi connectivity index (χ2v) is 3.22. The van der Waals surface area contributed by atoms with Gasteiger partial charge in [0.1, 0.15) is 5.39 Å². The zero-order valence-corrected chi connectivity index (χ0v) is 8.75. The highest BCUT2D eigenvalue weighted by Crippen LogP contribution is 2.31. The summed E-state index contributed by atoms with van der Waals surface area (Å²) in [5.41, 5.74) is -0.00426. The number of rotatable bonds is 2. The number of nitro benzene ring substituents is 1. The van der Waals surface area contributed by atoms with Gasteiger partial charge in [-0.25, -0.2) is 4.79 Å². The van der Waals surface area contributed by atoms with E-state index in [0.717, 1.165) is 0 Å². The van der Waals surface area contributed by atoms with Gasteiger partial charge in [0.15, 0.2) is 5.82 Å². The molecule has 0 amide bonds. The SMILES string of the molecule is CNc1nn(C(=O)O)c2cccc([N+](=O)[O-])c12. The molecule has 0 aliphatic heterocycles. The van der Waals surface area contributed by atoms with Crippen LogP contribution in [0.3, 0.4) is 0 Å². The van der Waals surface area contributed by atoms with Crippen LogP contribution >= 0.6 is 0 Å². The molecule has 0 atom stereocenters. The van der Waals surface area contributed by atoms with Gasteiger partial charge in [-0.1, -0.05) is 6.07 Å². The molecule has 0 unspecified atom stereocenters. The molecular formula is C9H8N4O4. The summed E-state index contributed by atoms with van der Waals surface area (Å²) >= 11 is 0. The molecule has 0 bridgehead atoms. The molecule has 2 aromatic rings. The summed E-state index contributed by atoms with van der Waals surface area (Å²) in [5.74, 6) is 0.162. The molecule has 1 aromatic carbocycles. The summed E-state index contributed by atoms with van der Waals surface area (Å²) < 4.78 is 0.703. The lowest BCUT2D eigenvalue weighted by Crippen LogP contribution is -2.09. The fourth-order valence-corrected chi connectivity index (χ4v) is 1.62. The second-order valence-electron chi connectivity index (χ2n) is 3.22. The van der Waals surface area contributed by atoms with Crippen LogP contribution in [0.25, 0.3) is 10.9 Å². The molecule has 0 saturated carbocycles. The van der Waals surface area contributed by atoms with Crippen molar-refractivity contribution >= 4 is 28.5 Å². The van der Waals surface area contributed by atoms with E-state index in [2.05, 4.69) is 10.4 Å². The van der Waals surface area contributed by atoms with Crippen LogP contribution in [-0.2, 0) is 0 Å². The van der Waals surface area contributed by atoms with Crippen molar-refractivity contribution in [1.82, 2.24) is 9.78 Å². The van der Waals surface area contributed by atoms with Gasteiger partial charge in [0.2, 0.25) is 0 Å². The van der Waals surface area contributed by atoms with Crippen molar-refractivity contribution in [3.63, 3.8) is 0 Å². The maximum Gasteiger partial charge on any atom is 0.432 e. The number of benzene rings is 1. The number of fused-ring (bicyclic) bond motifs is 1. The van der Waals surface area contributed by atoms with Gasteiger partial charge in [0.05, 0.1) is 10.4 Å². The Balaban J connectivity index is 2.89. The minimum Gasteiger partial charge on any atom is -0.463 e. The number of anilines is 1. The Labute approximate surface area is 94.6 Å². The number of non-ortho nitro benzene ring substituents is 1. The topological polar surface area (TPSA) is 110 Å². The summed E-state index contributed by atoms with van der Waals surface area (Å²) in [7, 11) is 1.52. The monoisotopic (exact) mass is 236 g/mol. The number of nitrogens with one attached hydrogen (secondary N) is 1. The van der Waals surface area contributed by atoms with Crippen molar-refractivity contribution in [1.29, 1.82) is 0 Å². The summed E-state index contributed by atoms with van der Waals surface area (Å²) in [6.45, 7) is 0. The lowest BCUT2D eigenvalue weighted by atomic mass is 10.2. The number of hydrogen-bond donors (Lipinski definition) is 2. The second kappa shape index (κ2) is 3.74. The first-order chi connectivity index (χ1) is 8.06. The van der Waals surface area contributed by atoms with Crippen LogP contribution in [0.4, 0.5) is 16.3 Å². The van der Waals surface area contributed by atoms with Gasteiger partial charge in [-0.3, -0.25) is 10.1 Å². The fourth-order valence-electron chi connectivity index (χ4n) is 1.62. The van der Waals surface area contributed by atoms with Gasteiger partial charge in [-0.2, -0.15) is 4.68 Å². The van der Waals surface area contributed by atoms with Crippen LogP contribution < -0.4 is 5.32 Å². The van der Waals surface area contributed by atoms with Gasteiger partial charge < -0.3 is 10.4 Å². The Morgan fingerprint density at radius 3 is 2.82 bits per heavy atom. The summed E-state index contributed by atoms with van der Waals surface area (Å²) in [6.07, 6.45) is -1.29. The summed E-state index contributed by atoms with van der Waals surface area (Å²) in [5, 5.41) is 26.4. The van der Waals surface area contributed by atoms with Crippen molar-refractivity contribution in [2.45, 2.75) is 0 Å². The third-order valence-corrected chi connectivity index (χ3v) is 2.30. The molecule has 0 radical (unpaired) electrons. The highest BCUT2D eigenvalue weighted by molar-refractivity contribution is 6.01. The van der Waals surface area contributed by atoms with Gasteiger partial charge in [0.25, 0.3) is 5.69 Å². The Kier molecular flexibility index (Phi) is 2.39. The van der Waals surface area contributed by atoms with Gasteiger partial charge >= 0.3 is 6.09 Å². The van der Waals surface area contributed by atoms with Crippen LogP contribution in [0.5, 0.6) is 0 Å². The van der Waals surface area contributed by atoms with E-state index in [0.29, 0.717) is 4.68 Å². The van der Waals surface area contributed by atoms with Crippen molar-refractivity contribution in [2.24, 2.45) is 0 Å². The molecule has 8 heteroatoms. The predicted octanol–water partition coefficient (Wildman–Crippen LogP) is 1.51. The molecule has 88 valence electrons. The van der Waals surface area contributed by atoms with Gasteiger partial charge in [-0.15, -0.1) is 5.10 Å². The van der Waals surface area contributed by atoms with Crippen molar-refractivity contribution in [2.75, 3.05) is 12.4 Å². The number of aromatic nitrogens is 2. The number of carbonyl (C=O) groups is 1. The highest BCUT2D eigenvalue weighted by Gasteiger charge is 2.22. The summed E-state index contributed by atoms with van der Waals surface area (Å²) in [6, 6.07) is 4.18. The van der Waals surface area contributed by atoms with E-state index in [1.807, 2.05) is 0 Å². The molecule has 8 nitrogen and oxygen atoms in total. The lowest BCUT2D eigenvalue weighted by molar-refractivity contribution is -0.383. The fraction of sp³-hybridized carbons (Fsp3) is 0.111. The molecule has 1 aromatic heterocycles. The van der Waals surface area contributed by atoms with Crippen molar-refractivity contribution in [3.8, 4) is 0 Å². The molecule has 1 heterocycles. The number of carboxylic acid groups (broad SMARTS) is 1. The van der Waals surface area contributed by atoms with E-state index < -0.39 is 11.0 Å². The Morgan fingerprint density at radius 2 is 2.29 bits per heavy atom. The van der Waals surface area contributed by atoms with Gasteiger partial charge in [-0.05, 0) is 6.07 Å². The molecular weight excluding hydrogens is 228 g/mol. The van der Waals surface area contributed by atoms with E-state index in [-0.39, 0.29) is 22.4 Å². The summed E-state index contributed by atoms with van der Waals surface area (Å²) in [4.78, 5) is 21.2. The van der Waals surface area contributed by atoms with Crippen molar-refractivity contribution < 1.29 is 14.8 Å². The molecule has 0 saturated heterocycles. The third-order valence-electron chi connectivity index (χ3n) is 2.30. The quantitative estimate of drug-likeness (QED) is 0.604. The Morgan fingerprint density at radius 1 is 1.59 bits per heavy atom. The molecule has 17 heavy (non-hydrogen) atoms. The highest BCUT2D eigenvalue weighted by atomic mass is 16.6. The van der Waals surface area contributed by atoms with Crippen LogP contribution in [0.15, 0.2) is 18.2 Å². The Hall–Kier alpha value is -2.64. The molecule has 2 rings (SSSR count). The average molecular weight is 236 g/mol. The molecule has 0 fully saturated rings. The maximum absolute atomic E-state index is 10.9. The van der Waals surface area contributed by atoms with Crippen LogP contribution in [0.2, 0.25) is 0 Å². The first-order valence-corrected chi connectivity index (χ1v) is 4.63.